The Bertz CT molecular complexity index is 803. The van der Waals surface area contributed by atoms with Gasteiger partial charge in [0.15, 0.2) is 0 Å². The maximum atomic E-state index is 12.4. The molecule has 0 saturated heterocycles. The molecule has 1 amide bonds. The Morgan fingerprint density at radius 3 is 2.52 bits per heavy atom. The Morgan fingerprint density at radius 2 is 1.92 bits per heavy atom. The van der Waals surface area contributed by atoms with Crippen molar-refractivity contribution in [2.24, 2.45) is 5.41 Å². The second-order valence-corrected chi connectivity index (χ2v) is 6.35. The van der Waals surface area contributed by atoms with Crippen molar-refractivity contribution in [1.82, 2.24) is 5.32 Å². The summed E-state index contributed by atoms with van der Waals surface area (Å²) in [6, 6.07) is 13.4. The first kappa shape index (κ1) is 16.9. The van der Waals surface area contributed by atoms with Gasteiger partial charge >= 0.3 is 0 Å². The molecule has 0 radical (unpaired) electrons. The van der Waals surface area contributed by atoms with Gasteiger partial charge in [-0.1, -0.05) is 36.4 Å². The lowest BCUT2D eigenvalue weighted by Gasteiger charge is -2.23. The van der Waals surface area contributed by atoms with Gasteiger partial charge in [0.2, 0.25) is 0 Å². The zero-order valence-electron chi connectivity index (χ0n) is 13.5. The summed E-state index contributed by atoms with van der Waals surface area (Å²) in [5.41, 5.74) is 5.77. The zero-order chi connectivity index (χ0) is 18.0. The third kappa shape index (κ3) is 3.32. The van der Waals surface area contributed by atoms with E-state index in [0.29, 0.717) is 0 Å². The van der Waals surface area contributed by atoms with Crippen molar-refractivity contribution >= 4 is 17.3 Å². The minimum atomic E-state index is -0.670. The molecule has 1 aliphatic rings. The average molecular weight is 341 g/mol. The van der Waals surface area contributed by atoms with Gasteiger partial charge in [-0.05, 0) is 24.5 Å². The van der Waals surface area contributed by atoms with Crippen molar-refractivity contribution in [3.8, 4) is 0 Å². The number of nitrogens with two attached hydrogens (primary N) is 1. The van der Waals surface area contributed by atoms with Crippen LogP contribution in [0.1, 0.15) is 34.9 Å². The molecule has 0 spiro atoms. The minimum Gasteiger partial charge on any atom is -0.393 e. The third-order valence-electron chi connectivity index (χ3n) is 4.71. The summed E-state index contributed by atoms with van der Waals surface area (Å²) in [6.45, 7) is 0.282. The molecule has 1 aliphatic carbocycles. The van der Waals surface area contributed by atoms with Crippen molar-refractivity contribution in [3.63, 3.8) is 0 Å². The van der Waals surface area contributed by atoms with Gasteiger partial charge < -0.3 is 16.2 Å². The largest absolute Gasteiger partial charge is 0.393 e. The monoisotopic (exact) mass is 341 g/mol. The maximum absolute atomic E-state index is 12.4. The highest BCUT2D eigenvalue weighted by molar-refractivity contribution is 6.01. The van der Waals surface area contributed by atoms with E-state index in [1.165, 1.54) is 18.2 Å². The molecule has 7 nitrogen and oxygen atoms in total. The molecular formula is C18H19N3O4. The first-order valence-corrected chi connectivity index (χ1v) is 7.99. The van der Waals surface area contributed by atoms with Gasteiger partial charge in [-0.2, -0.15) is 0 Å². The number of hydrogen-bond acceptors (Lipinski definition) is 5. The molecule has 0 aromatic heterocycles. The molecule has 130 valence electrons. The first-order valence-electron chi connectivity index (χ1n) is 7.99. The Balaban J connectivity index is 1.71. The fraction of sp³-hybridized carbons (Fsp3) is 0.278. The lowest BCUT2D eigenvalue weighted by Crippen LogP contribution is -2.33. The van der Waals surface area contributed by atoms with E-state index >= 15 is 0 Å². The molecule has 0 bridgehead atoms. The summed E-state index contributed by atoms with van der Waals surface area (Å²) in [5.74, 6) is -0.479. The van der Waals surface area contributed by atoms with E-state index in [4.69, 9.17) is 5.73 Å². The number of carbonyl (C=O) groups excluding carboxylic acids is 1. The van der Waals surface area contributed by atoms with Crippen LogP contribution in [0, 0.1) is 15.5 Å². The number of anilines is 1. The van der Waals surface area contributed by atoms with E-state index < -0.39 is 22.3 Å². The number of amides is 1. The summed E-state index contributed by atoms with van der Waals surface area (Å²) >= 11 is 0. The molecule has 25 heavy (non-hydrogen) atoms. The summed E-state index contributed by atoms with van der Waals surface area (Å²) in [6.07, 6.45) is 0.929. The Kier molecular flexibility index (Phi) is 4.41. The molecule has 0 heterocycles. The van der Waals surface area contributed by atoms with Crippen LogP contribution in [0.25, 0.3) is 0 Å². The van der Waals surface area contributed by atoms with Crippen molar-refractivity contribution in [2.75, 3.05) is 12.3 Å². The average Bonchev–Trinajstić information content (AvgIpc) is 3.41. The van der Waals surface area contributed by atoms with Crippen LogP contribution in [-0.4, -0.2) is 22.5 Å². The lowest BCUT2D eigenvalue weighted by molar-refractivity contribution is -0.383. The van der Waals surface area contributed by atoms with Crippen molar-refractivity contribution in [2.45, 2.75) is 18.9 Å². The fourth-order valence-corrected chi connectivity index (χ4v) is 2.96. The quantitative estimate of drug-likeness (QED) is 0.423. The van der Waals surface area contributed by atoms with E-state index in [1.54, 1.807) is 0 Å². The Hall–Kier alpha value is -2.93. The standard InChI is InChI=1S/C18H19N3O4/c19-15-13(7-4-8-14(15)21(24)25)17(23)20-11-18(9-10-18)16(22)12-5-2-1-3-6-12/h1-8,16,22H,9-11,19H2,(H,20,23). The Labute approximate surface area is 144 Å². The molecule has 0 aliphatic heterocycles. The van der Waals surface area contributed by atoms with E-state index in [-0.39, 0.29) is 23.5 Å². The fourth-order valence-electron chi connectivity index (χ4n) is 2.96. The number of nitrogens with one attached hydrogen (secondary N) is 1. The number of hydrogen-bond donors (Lipinski definition) is 3. The number of aliphatic hydroxyl groups is 1. The molecule has 2 aromatic carbocycles. The number of nitro benzene ring substituents is 1. The topological polar surface area (TPSA) is 118 Å². The predicted octanol–water partition coefficient (Wildman–Crippen LogP) is 2.42. The van der Waals surface area contributed by atoms with Crippen molar-refractivity contribution in [1.29, 1.82) is 0 Å². The highest BCUT2D eigenvalue weighted by Gasteiger charge is 2.49. The van der Waals surface area contributed by atoms with E-state index in [2.05, 4.69) is 5.32 Å². The van der Waals surface area contributed by atoms with Gasteiger partial charge in [-0.25, -0.2) is 0 Å². The number of benzene rings is 2. The van der Waals surface area contributed by atoms with Crippen LogP contribution in [0.4, 0.5) is 11.4 Å². The number of nitrogens with zero attached hydrogens (tertiary/aromatic N) is 1. The van der Waals surface area contributed by atoms with Crippen LogP contribution in [0.3, 0.4) is 0 Å². The van der Waals surface area contributed by atoms with E-state index in [9.17, 15) is 20.0 Å². The summed E-state index contributed by atoms with van der Waals surface area (Å²) in [4.78, 5) is 22.7. The van der Waals surface area contributed by atoms with E-state index in [1.807, 2.05) is 30.3 Å². The van der Waals surface area contributed by atoms with Gasteiger partial charge in [0.05, 0.1) is 16.6 Å². The van der Waals surface area contributed by atoms with Crippen LogP contribution in [0.5, 0.6) is 0 Å². The molecule has 1 fully saturated rings. The van der Waals surface area contributed by atoms with Gasteiger partial charge in [-0.15, -0.1) is 0 Å². The summed E-state index contributed by atoms with van der Waals surface area (Å²) in [5, 5.41) is 24.3. The van der Waals surface area contributed by atoms with Crippen LogP contribution < -0.4 is 11.1 Å². The van der Waals surface area contributed by atoms with Gasteiger partial charge in [0.25, 0.3) is 11.6 Å². The molecule has 4 N–H and O–H groups in total. The smallest absolute Gasteiger partial charge is 0.292 e. The number of nitrogen functional groups attached to an aromatic ring is 1. The Morgan fingerprint density at radius 1 is 1.24 bits per heavy atom. The molecule has 2 aromatic rings. The molecule has 7 heteroatoms. The van der Waals surface area contributed by atoms with E-state index in [0.717, 1.165) is 18.4 Å². The highest BCUT2D eigenvalue weighted by atomic mass is 16.6. The predicted molar refractivity (Wildman–Crippen MR) is 92.9 cm³/mol. The second kappa shape index (κ2) is 6.52. The van der Waals surface area contributed by atoms with Gasteiger partial charge in [0, 0.05) is 18.0 Å². The van der Waals surface area contributed by atoms with Gasteiger partial charge in [-0.3, -0.25) is 14.9 Å². The number of nitro groups is 1. The molecule has 3 rings (SSSR count). The summed E-state index contributed by atoms with van der Waals surface area (Å²) < 4.78 is 0. The number of para-hydroxylation sites is 1. The van der Waals surface area contributed by atoms with Gasteiger partial charge in [0.1, 0.15) is 5.69 Å². The third-order valence-corrected chi connectivity index (χ3v) is 4.71. The number of rotatable bonds is 6. The normalized spacial score (nSPS) is 16.0. The lowest BCUT2D eigenvalue weighted by atomic mass is 9.92. The summed E-state index contributed by atoms with van der Waals surface area (Å²) in [7, 11) is 0. The van der Waals surface area contributed by atoms with Crippen LogP contribution >= 0.6 is 0 Å². The molecule has 1 atom stereocenters. The SMILES string of the molecule is Nc1c(C(=O)NCC2(C(O)c3ccccc3)CC2)cccc1[N+](=O)[O-]. The van der Waals surface area contributed by atoms with Crippen LogP contribution in [-0.2, 0) is 0 Å². The number of carbonyl (C=O) groups is 1. The number of aliphatic hydroxyl groups excluding tert-OH is 1. The van der Waals surface area contributed by atoms with Crippen LogP contribution in [0.15, 0.2) is 48.5 Å². The molecular weight excluding hydrogens is 322 g/mol. The van der Waals surface area contributed by atoms with Crippen molar-refractivity contribution < 1.29 is 14.8 Å². The first-order chi connectivity index (χ1) is 11.9. The molecule has 1 saturated carbocycles. The second-order valence-electron chi connectivity index (χ2n) is 6.35. The molecule has 1 unspecified atom stereocenters. The van der Waals surface area contributed by atoms with Crippen molar-refractivity contribution in [3.05, 3.63) is 69.8 Å². The minimum absolute atomic E-state index is 0.0687. The maximum Gasteiger partial charge on any atom is 0.292 e. The zero-order valence-corrected chi connectivity index (χ0v) is 13.5. The van der Waals surface area contributed by atoms with Crippen LogP contribution in [0.2, 0.25) is 0 Å². The highest BCUT2D eigenvalue weighted by Crippen LogP contribution is 2.54.